The first kappa shape index (κ1) is 14.2. The maximum atomic E-state index is 10.3. The molecule has 0 aromatic heterocycles. The fourth-order valence-electron chi connectivity index (χ4n) is 6.49. The van der Waals surface area contributed by atoms with E-state index in [-0.39, 0.29) is 11.8 Å². The number of nitrogens with zero attached hydrogens (tertiary/aromatic N) is 4. The summed E-state index contributed by atoms with van der Waals surface area (Å²) in [6, 6.07) is 25.7. The van der Waals surface area contributed by atoms with E-state index in [0.29, 0.717) is 0 Å². The molecule has 0 saturated heterocycles. The number of rotatable bonds is 2. The van der Waals surface area contributed by atoms with E-state index in [1.54, 1.807) is 0 Å². The first-order valence-electron chi connectivity index (χ1n) is 9.10. The van der Waals surface area contributed by atoms with Crippen molar-refractivity contribution in [2.24, 2.45) is 22.1 Å². The lowest BCUT2D eigenvalue weighted by atomic mass is 9.55. The third-order valence-corrected chi connectivity index (χ3v) is 7.54. The molecule has 2 heterocycles. The van der Waals surface area contributed by atoms with Crippen LogP contribution in [0.4, 0.5) is 0 Å². The molecule has 0 N–H and O–H groups in total. The Balaban J connectivity index is 1.74. The normalized spacial score (nSPS) is 45.8. The van der Waals surface area contributed by atoms with Crippen LogP contribution in [0.1, 0.15) is 24.0 Å². The smallest absolute Gasteiger partial charge is 0.181 e. The molecule has 26 heavy (non-hydrogen) atoms. The van der Waals surface area contributed by atoms with Gasteiger partial charge in [0.25, 0.3) is 0 Å². The van der Waals surface area contributed by atoms with Crippen molar-refractivity contribution in [1.82, 2.24) is 0 Å². The highest BCUT2D eigenvalue weighted by Crippen LogP contribution is 2.87. The summed E-state index contributed by atoms with van der Waals surface area (Å²) in [5.41, 5.74) is -0.400. The van der Waals surface area contributed by atoms with Gasteiger partial charge >= 0.3 is 0 Å². The highest BCUT2D eigenvalue weighted by atomic mass is 15.3. The van der Waals surface area contributed by atoms with Gasteiger partial charge in [-0.15, -0.1) is 0 Å². The molecule has 2 aromatic carbocycles. The predicted octanol–water partition coefficient (Wildman–Crippen LogP) is 3.91. The van der Waals surface area contributed by atoms with Crippen molar-refractivity contribution in [3.8, 4) is 12.1 Å². The van der Waals surface area contributed by atoms with E-state index in [0.717, 1.165) is 24.0 Å². The van der Waals surface area contributed by atoms with Crippen molar-refractivity contribution in [1.29, 1.82) is 10.5 Å². The summed E-state index contributed by atoms with van der Waals surface area (Å²) in [4.78, 5) is 0. The molecule has 0 amide bonds. The second kappa shape index (κ2) is 4.05. The molecule has 6 atom stereocenters. The zero-order valence-corrected chi connectivity index (χ0v) is 14.1. The molecule has 2 aromatic rings. The van der Waals surface area contributed by atoms with Crippen LogP contribution in [0.3, 0.4) is 0 Å². The Kier molecular flexibility index (Phi) is 2.21. The molecule has 0 unspecified atom stereocenters. The molecule has 3 aliphatic carbocycles. The molecule has 2 aliphatic heterocycles. The minimum Gasteiger partial charge on any atom is -0.195 e. The molecule has 0 radical (unpaired) electrons. The summed E-state index contributed by atoms with van der Waals surface area (Å²) in [6.07, 6.45) is 1.63. The Morgan fingerprint density at radius 1 is 0.731 bits per heavy atom. The van der Waals surface area contributed by atoms with Crippen molar-refractivity contribution < 1.29 is 0 Å². The topological polar surface area (TPSA) is 72.3 Å². The van der Waals surface area contributed by atoms with Gasteiger partial charge in [-0.2, -0.15) is 20.8 Å². The monoisotopic (exact) mass is 336 g/mol. The largest absolute Gasteiger partial charge is 0.195 e. The van der Waals surface area contributed by atoms with Crippen molar-refractivity contribution in [2.45, 2.75) is 34.7 Å². The molecule has 3 saturated carbocycles. The van der Waals surface area contributed by atoms with E-state index in [9.17, 15) is 10.5 Å². The van der Waals surface area contributed by atoms with Gasteiger partial charge < -0.3 is 0 Å². The Morgan fingerprint density at radius 2 is 1.15 bits per heavy atom. The molecule has 4 heteroatoms. The number of hydrogen-bond donors (Lipinski definition) is 0. The summed E-state index contributed by atoms with van der Waals surface area (Å²) in [5, 5.41) is 29.8. The summed E-state index contributed by atoms with van der Waals surface area (Å²) < 4.78 is 0. The van der Waals surface area contributed by atoms with E-state index in [1.807, 2.05) is 36.4 Å². The van der Waals surface area contributed by atoms with Crippen LogP contribution in [0.15, 0.2) is 70.9 Å². The third kappa shape index (κ3) is 1.11. The second-order valence-corrected chi connectivity index (χ2v) is 8.12. The second-order valence-electron chi connectivity index (χ2n) is 8.12. The van der Waals surface area contributed by atoms with Crippen LogP contribution in [-0.2, 0) is 10.8 Å². The molecule has 2 bridgehead atoms. The van der Waals surface area contributed by atoms with Crippen molar-refractivity contribution >= 4 is 0 Å². The Bertz CT molecular complexity index is 966. The summed E-state index contributed by atoms with van der Waals surface area (Å²) in [5.74, 6) is 0.286. The first-order chi connectivity index (χ1) is 12.7. The lowest BCUT2D eigenvalue weighted by Crippen LogP contribution is -2.62. The quantitative estimate of drug-likeness (QED) is 0.834. The van der Waals surface area contributed by atoms with Crippen LogP contribution in [0, 0.1) is 34.5 Å². The molecule has 0 spiro atoms. The Hall–Kier alpha value is -2.98. The number of benzene rings is 2. The molecule has 7 rings (SSSR count). The fourth-order valence-corrected chi connectivity index (χ4v) is 6.49. The van der Waals surface area contributed by atoms with Crippen molar-refractivity contribution in [2.75, 3.05) is 0 Å². The molecular weight excluding hydrogens is 320 g/mol. The average Bonchev–Trinajstić information content (AvgIpc) is 3.62. The SMILES string of the molecule is N#C[C@]12N=N[C@](C#N)([C@@H]3C[C@@H]31)[C@@]1(c3ccccc3)C[C@]12c1ccccc1. The van der Waals surface area contributed by atoms with Gasteiger partial charge in [0.1, 0.15) is 0 Å². The maximum absolute atomic E-state index is 10.3. The molecule has 4 nitrogen and oxygen atoms in total. The van der Waals surface area contributed by atoms with Crippen LogP contribution in [0.2, 0.25) is 0 Å². The van der Waals surface area contributed by atoms with E-state index in [2.05, 4.69) is 46.6 Å². The third-order valence-electron chi connectivity index (χ3n) is 7.54. The van der Waals surface area contributed by atoms with Gasteiger partial charge in [-0.05, 0) is 24.0 Å². The Morgan fingerprint density at radius 3 is 1.54 bits per heavy atom. The van der Waals surface area contributed by atoms with Gasteiger partial charge in [-0.25, -0.2) is 0 Å². The summed E-state index contributed by atoms with van der Waals surface area (Å²) >= 11 is 0. The average molecular weight is 336 g/mol. The maximum Gasteiger partial charge on any atom is 0.181 e. The lowest BCUT2D eigenvalue weighted by Gasteiger charge is -2.50. The summed E-state index contributed by atoms with van der Waals surface area (Å²) in [6.45, 7) is 0. The Labute approximate surface area is 151 Å². The first-order valence-corrected chi connectivity index (χ1v) is 9.10. The van der Waals surface area contributed by atoms with Gasteiger partial charge in [0.05, 0.1) is 23.0 Å². The number of hydrogen-bond acceptors (Lipinski definition) is 4. The van der Waals surface area contributed by atoms with Gasteiger partial charge in [0, 0.05) is 11.8 Å². The van der Waals surface area contributed by atoms with Crippen molar-refractivity contribution in [3.63, 3.8) is 0 Å². The van der Waals surface area contributed by atoms with Gasteiger partial charge in [0.2, 0.25) is 0 Å². The minimum absolute atomic E-state index is 0.143. The summed E-state index contributed by atoms with van der Waals surface area (Å²) in [7, 11) is 0. The molecule has 124 valence electrons. The number of nitriles is 2. The molecule has 3 fully saturated rings. The van der Waals surface area contributed by atoms with Gasteiger partial charge in [-0.1, -0.05) is 60.7 Å². The standard InChI is InChI=1S/C22H16N4/c23-13-21-17-11-18(17)22(14-24,26-25-21)20(16-9-5-2-6-10-16)12-19(20,21)15-7-3-1-4-8-15/h1-10,17-18H,11-12H2/t17-,18+,19-,20+,21-,22+. The van der Waals surface area contributed by atoms with Crippen LogP contribution < -0.4 is 0 Å². The molecular formula is C22H16N4. The van der Waals surface area contributed by atoms with E-state index in [4.69, 9.17) is 0 Å². The van der Waals surface area contributed by atoms with E-state index >= 15 is 0 Å². The van der Waals surface area contributed by atoms with Crippen LogP contribution in [0.25, 0.3) is 0 Å². The van der Waals surface area contributed by atoms with E-state index in [1.165, 1.54) is 0 Å². The van der Waals surface area contributed by atoms with Crippen molar-refractivity contribution in [3.05, 3.63) is 71.8 Å². The predicted molar refractivity (Wildman–Crippen MR) is 94.0 cm³/mol. The minimum atomic E-state index is -0.854. The van der Waals surface area contributed by atoms with Gasteiger partial charge in [-0.3, -0.25) is 0 Å². The number of azo groups is 1. The highest BCUT2D eigenvalue weighted by Gasteiger charge is 2.96. The zero-order valence-electron chi connectivity index (χ0n) is 14.1. The fraction of sp³-hybridized carbons (Fsp3) is 0.364. The lowest BCUT2D eigenvalue weighted by molar-refractivity contribution is 0.138. The van der Waals surface area contributed by atoms with Gasteiger partial charge in [0.15, 0.2) is 11.1 Å². The van der Waals surface area contributed by atoms with E-state index < -0.39 is 21.9 Å². The van der Waals surface area contributed by atoms with Crippen LogP contribution in [-0.4, -0.2) is 11.1 Å². The molecule has 5 aliphatic rings. The zero-order chi connectivity index (χ0) is 17.6. The van der Waals surface area contributed by atoms with Crippen LogP contribution >= 0.6 is 0 Å². The van der Waals surface area contributed by atoms with Crippen LogP contribution in [0.5, 0.6) is 0 Å². The highest BCUT2D eigenvalue weighted by molar-refractivity contribution is 5.67.